The molecule has 0 bridgehead atoms. The van der Waals surface area contributed by atoms with Crippen molar-refractivity contribution in [3.8, 4) is 0 Å². The lowest BCUT2D eigenvalue weighted by Crippen LogP contribution is -2.49. The third-order valence-electron chi connectivity index (χ3n) is 3.13. The van der Waals surface area contributed by atoms with E-state index in [1.165, 1.54) is 0 Å². The number of thiocarbonyl (C=S) groups is 1. The van der Waals surface area contributed by atoms with Crippen LogP contribution in [0.1, 0.15) is 25.8 Å². The standard InChI is InChI=1S/C15H18N2O2S/c1-3-11-12(14(18)19-4-2)13(17-15(20)16-11)10-8-6-5-7-9-10/h5-9,11H,3-4H2,1-2H3,(H2,16,17,20)/t11-/m1/s1. The van der Waals surface area contributed by atoms with Crippen molar-refractivity contribution in [2.45, 2.75) is 26.3 Å². The van der Waals surface area contributed by atoms with Crippen LogP contribution in [0.25, 0.3) is 5.70 Å². The zero-order valence-corrected chi connectivity index (χ0v) is 12.4. The van der Waals surface area contributed by atoms with Gasteiger partial charge >= 0.3 is 5.97 Å². The summed E-state index contributed by atoms with van der Waals surface area (Å²) in [6.45, 7) is 4.16. The summed E-state index contributed by atoms with van der Waals surface area (Å²) in [5, 5.41) is 6.73. The highest BCUT2D eigenvalue weighted by Crippen LogP contribution is 2.24. The fourth-order valence-corrected chi connectivity index (χ4v) is 2.46. The van der Waals surface area contributed by atoms with E-state index in [1.807, 2.05) is 37.3 Å². The zero-order chi connectivity index (χ0) is 14.5. The second kappa shape index (κ2) is 6.52. The number of carbonyl (C=O) groups is 1. The van der Waals surface area contributed by atoms with Crippen molar-refractivity contribution in [3.05, 3.63) is 41.5 Å². The molecule has 5 heteroatoms. The number of hydrogen-bond acceptors (Lipinski definition) is 3. The highest BCUT2D eigenvalue weighted by atomic mass is 32.1. The number of nitrogens with one attached hydrogen (secondary N) is 2. The summed E-state index contributed by atoms with van der Waals surface area (Å²) in [5.74, 6) is -0.305. The SMILES string of the molecule is CCOC(=O)C1=C(c2ccccc2)NC(=S)N[C@@H]1CC. The van der Waals surface area contributed by atoms with Gasteiger partial charge in [-0.2, -0.15) is 0 Å². The Morgan fingerprint density at radius 2 is 2.00 bits per heavy atom. The van der Waals surface area contributed by atoms with Crippen molar-refractivity contribution in [1.29, 1.82) is 0 Å². The maximum Gasteiger partial charge on any atom is 0.338 e. The van der Waals surface area contributed by atoms with Crippen molar-refractivity contribution in [3.63, 3.8) is 0 Å². The van der Waals surface area contributed by atoms with Crippen molar-refractivity contribution < 1.29 is 9.53 Å². The summed E-state index contributed by atoms with van der Waals surface area (Å²) < 4.78 is 5.18. The molecule has 106 valence electrons. The monoisotopic (exact) mass is 290 g/mol. The lowest BCUT2D eigenvalue weighted by atomic mass is 9.96. The van der Waals surface area contributed by atoms with Gasteiger partial charge in [-0.1, -0.05) is 37.3 Å². The van der Waals surface area contributed by atoms with Crippen LogP contribution in [0.4, 0.5) is 0 Å². The number of rotatable bonds is 4. The van der Waals surface area contributed by atoms with Gasteiger partial charge in [0, 0.05) is 0 Å². The van der Waals surface area contributed by atoms with E-state index in [9.17, 15) is 4.79 Å². The van der Waals surface area contributed by atoms with E-state index >= 15 is 0 Å². The zero-order valence-electron chi connectivity index (χ0n) is 11.6. The smallest absolute Gasteiger partial charge is 0.338 e. The first-order valence-corrected chi connectivity index (χ1v) is 7.12. The highest BCUT2D eigenvalue weighted by molar-refractivity contribution is 7.80. The Labute approximate surface area is 124 Å². The first-order chi connectivity index (χ1) is 9.67. The Morgan fingerprint density at radius 1 is 1.30 bits per heavy atom. The van der Waals surface area contributed by atoms with Crippen LogP contribution in [0.3, 0.4) is 0 Å². The molecule has 1 aliphatic heterocycles. The predicted molar refractivity (Wildman–Crippen MR) is 82.9 cm³/mol. The van der Waals surface area contributed by atoms with Crippen LogP contribution >= 0.6 is 12.2 Å². The molecule has 0 saturated carbocycles. The van der Waals surface area contributed by atoms with Crippen molar-refractivity contribution in [1.82, 2.24) is 10.6 Å². The minimum Gasteiger partial charge on any atom is -0.463 e. The number of carbonyl (C=O) groups excluding carboxylic acids is 1. The molecule has 1 aromatic rings. The topological polar surface area (TPSA) is 50.4 Å². The summed E-state index contributed by atoms with van der Waals surface area (Å²) in [7, 11) is 0. The fourth-order valence-electron chi connectivity index (χ4n) is 2.21. The Bertz CT molecular complexity index is 540. The summed E-state index contributed by atoms with van der Waals surface area (Å²) in [6.07, 6.45) is 0.756. The van der Waals surface area contributed by atoms with Crippen molar-refractivity contribution >= 4 is 29.0 Å². The van der Waals surface area contributed by atoms with Crippen molar-refractivity contribution in [2.24, 2.45) is 0 Å². The van der Waals surface area contributed by atoms with Crippen LogP contribution in [0.15, 0.2) is 35.9 Å². The normalized spacial score (nSPS) is 18.3. The van der Waals surface area contributed by atoms with Crippen LogP contribution < -0.4 is 10.6 Å². The maximum absolute atomic E-state index is 12.3. The highest BCUT2D eigenvalue weighted by Gasteiger charge is 2.30. The van der Waals surface area contributed by atoms with Crippen LogP contribution in [0.5, 0.6) is 0 Å². The fraction of sp³-hybridized carbons (Fsp3) is 0.333. The van der Waals surface area contributed by atoms with Crippen molar-refractivity contribution in [2.75, 3.05) is 6.61 Å². The van der Waals surface area contributed by atoms with Gasteiger partial charge in [-0.15, -0.1) is 0 Å². The molecule has 0 unspecified atom stereocenters. The first kappa shape index (κ1) is 14.5. The molecular formula is C15H18N2O2S. The van der Waals surface area contributed by atoms with Gasteiger partial charge in [-0.25, -0.2) is 4.79 Å². The molecule has 1 heterocycles. The van der Waals surface area contributed by atoms with E-state index < -0.39 is 0 Å². The van der Waals surface area contributed by atoms with Gasteiger partial charge in [0.05, 0.1) is 23.9 Å². The molecular weight excluding hydrogens is 272 g/mol. The molecule has 0 aliphatic carbocycles. The molecule has 0 amide bonds. The van der Waals surface area contributed by atoms with E-state index in [2.05, 4.69) is 10.6 Å². The molecule has 0 aromatic heterocycles. The maximum atomic E-state index is 12.3. The predicted octanol–water partition coefficient (Wildman–Crippen LogP) is 2.22. The van der Waals surface area contributed by atoms with Gasteiger partial charge in [0.25, 0.3) is 0 Å². The third-order valence-corrected chi connectivity index (χ3v) is 3.35. The van der Waals surface area contributed by atoms with Gasteiger partial charge in [-0.05, 0) is 31.1 Å². The first-order valence-electron chi connectivity index (χ1n) is 6.71. The molecule has 0 radical (unpaired) electrons. The minimum absolute atomic E-state index is 0.127. The van der Waals surface area contributed by atoms with Gasteiger partial charge in [-0.3, -0.25) is 0 Å². The number of esters is 1. The van der Waals surface area contributed by atoms with Gasteiger partial charge in [0.15, 0.2) is 5.11 Å². The Morgan fingerprint density at radius 3 is 2.60 bits per heavy atom. The third kappa shape index (κ3) is 2.99. The number of ether oxygens (including phenoxy) is 1. The summed E-state index contributed by atoms with van der Waals surface area (Å²) in [6, 6.07) is 9.56. The minimum atomic E-state index is -0.305. The summed E-state index contributed by atoms with van der Waals surface area (Å²) in [5.41, 5.74) is 2.27. The van der Waals surface area contributed by atoms with Crippen LogP contribution in [-0.4, -0.2) is 23.7 Å². The molecule has 1 atom stereocenters. The molecule has 0 fully saturated rings. The summed E-state index contributed by atoms with van der Waals surface area (Å²) >= 11 is 5.22. The van der Waals surface area contributed by atoms with Gasteiger partial charge in [0.1, 0.15) is 0 Å². The van der Waals surface area contributed by atoms with E-state index in [1.54, 1.807) is 6.92 Å². The van der Waals surface area contributed by atoms with Gasteiger partial charge in [0.2, 0.25) is 0 Å². The molecule has 20 heavy (non-hydrogen) atoms. The second-order valence-corrected chi connectivity index (χ2v) is 4.84. The number of hydrogen-bond donors (Lipinski definition) is 2. The molecule has 1 aromatic carbocycles. The molecule has 0 saturated heterocycles. The van der Waals surface area contributed by atoms with E-state index in [0.29, 0.717) is 17.3 Å². The molecule has 4 nitrogen and oxygen atoms in total. The Kier molecular flexibility index (Phi) is 4.74. The molecule has 0 spiro atoms. The van der Waals surface area contributed by atoms with E-state index in [0.717, 1.165) is 17.7 Å². The number of benzene rings is 1. The van der Waals surface area contributed by atoms with E-state index in [-0.39, 0.29) is 12.0 Å². The quantitative estimate of drug-likeness (QED) is 0.658. The molecule has 2 N–H and O–H groups in total. The van der Waals surface area contributed by atoms with Crippen LogP contribution in [0.2, 0.25) is 0 Å². The lowest BCUT2D eigenvalue weighted by molar-refractivity contribution is -0.138. The Balaban J connectivity index is 2.52. The largest absolute Gasteiger partial charge is 0.463 e. The van der Waals surface area contributed by atoms with Crippen LogP contribution in [0, 0.1) is 0 Å². The van der Waals surface area contributed by atoms with Gasteiger partial charge < -0.3 is 15.4 Å². The molecule has 2 rings (SSSR count). The van der Waals surface area contributed by atoms with Crippen LogP contribution in [-0.2, 0) is 9.53 Å². The summed E-state index contributed by atoms with van der Waals surface area (Å²) in [4.78, 5) is 12.3. The Hall–Kier alpha value is -1.88. The second-order valence-electron chi connectivity index (χ2n) is 4.43. The lowest BCUT2D eigenvalue weighted by Gasteiger charge is -2.30. The van der Waals surface area contributed by atoms with E-state index in [4.69, 9.17) is 17.0 Å². The average molecular weight is 290 g/mol. The average Bonchev–Trinajstić information content (AvgIpc) is 2.47. The molecule has 1 aliphatic rings.